The Balaban J connectivity index is 1.38. The highest BCUT2D eigenvalue weighted by atomic mass is 16.2. The fourth-order valence-electron chi connectivity index (χ4n) is 5.65. The maximum absolute atomic E-state index is 13.2. The van der Waals surface area contributed by atoms with Crippen molar-refractivity contribution in [3.8, 4) is 0 Å². The van der Waals surface area contributed by atoms with Crippen LogP contribution < -0.4 is 5.32 Å². The third kappa shape index (κ3) is 3.55. The number of nitrogens with zero attached hydrogens (tertiary/aromatic N) is 2. The Morgan fingerprint density at radius 2 is 2.00 bits per heavy atom. The first kappa shape index (κ1) is 20.3. The summed E-state index contributed by atoms with van der Waals surface area (Å²) in [5.41, 5.74) is 4.30. The molecule has 0 spiro atoms. The van der Waals surface area contributed by atoms with Gasteiger partial charge in [-0.05, 0) is 68.0 Å². The van der Waals surface area contributed by atoms with Gasteiger partial charge in [-0.15, -0.1) is 0 Å². The zero-order valence-electron chi connectivity index (χ0n) is 18.4. The van der Waals surface area contributed by atoms with Gasteiger partial charge in [0.2, 0.25) is 5.91 Å². The normalized spacial score (nSPS) is 25.8. The average molecular weight is 418 g/mol. The van der Waals surface area contributed by atoms with Gasteiger partial charge in [0.25, 0.3) is 5.91 Å². The molecule has 0 aliphatic carbocycles. The van der Waals surface area contributed by atoms with Gasteiger partial charge in [0.1, 0.15) is 0 Å². The molecule has 0 radical (unpaired) electrons. The topological polar surface area (TPSA) is 52.7 Å². The SMILES string of the molecule is C[C@H](c1ccccc1)N(C)C(=O)c1ccc2c(c1)CCN1C(=O)[C@@H]3CCCN[C@@H]3C[C@@H]21. The molecule has 1 N–H and O–H groups in total. The molecule has 3 aliphatic rings. The molecule has 2 aromatic carbocycles. The predicted molar refractivity (Wildman–Crippen MR) is 121 cm³/mol. The highest BCUT2D eigenvalue weighted by Crippen LogP contribution is 2.41. The van der Waals surface area contributed by atoms with E-state index in [0.717, 1.165) is 49.9 Å². The molecule has 5 nitrogen and oxygen atoms in total. The van der Waals surface area contributed by atoms with Crippen LogP contribution in [0.3, 0.4) is 0 Å². The smallest absolute Gasteiger partial charge is 0.254 e. The summed E-state index contributed by atoms with van der Waals surface area (Å²) in [6.45, 7) is 3.83. The summed E-state index contributed by atoms with van der Waals surface area (Å²) in [5.74, 6) is 0.492. The lowest BCUT2D eigenvalue weighted by atomic mass is 9.77. The molecule has 2 aromatic rings. The van der Waals surface area contributed by atoms with Crippen molar-refractivity contribution in [3.63, 3.8) is 0 Å². The summed E-state index contributed by atoms with van der Waals surface area (Å²) in [4.78, 5) is 30.2. The number of carbonyl (C=O) groups is 2. The van der Waals surface area contributed by atoms with Crippen LogP contribution >= 0.6 is 0 Å². The molecule has 2 fully saturated rings. The van der Waals surface area contributed by atoms with Gasteiger partial charge in [0.15, 0.2) is 0 Å². The van der Waals surface area contributed by atoms with Gasteiger partial charge in [-0.1, -0.05) is 36.4 Å². The van der Waals surface area contributed by atoms with E-state index < -0.39 is 0 Å². The molecule has 5 heteroatoms. The molecular weight excluding hydrogens is 386 g/mol. The van der Waals surface area contributed by atoms with E-state index in [9.17, 15) is 9.59 Å². The van der Waals surface area contributed by atoms with Crippen molar-refractivity contribution in [3.05, 3.63) is 70.8 Å². The van der Waals surface area contributed by atoms with E-state index in [-0.39, 0.29) is 30.0 Å². The van der Waals surface area contributed by atoms with Crippen LogP contribution in [0.4, 0.5) is 0 Å². The number of hydrogen-bond acceptors (Lipinski definition) is 3. The number of benzene rings is 2. The van der Waals surface area contributed by atoms with Crippen LogP contribution in [0.15, 0.2) is 48.5 Å². The van der Waals surface area contributed by atoms with Crippen molar-refractivity contribution >= 4 is 11.8 Å². The summed E-state index contributed by atoms with van der Waals surface area (Å²) in [6, 6.07) is 16.6. The second-order valence-corrected chi connectivity index (χ2v) is 9.26. The van der Waals surface area contributed by atoms with E-state index in [4.69, 9.17) is 0 Å². The van der Waals surface area contributed by atoms with Gasteiger partial charge in [-0.25, -0.2) is 0 Å². The molecule has 0 aromatic heterocycles. The van der Waals surface area contributed by atoms with Crippen molar-refractivity contribution in [1.29, 1.82) is 0 Å². The van der Waals surface area contributed by atoms with Crippen LogP contribution in [-0.2, 0) is 11.2 Å². The van der Waals surface area contributed by atoms with E-state index in [0.29, 0.717) is 5.91 Å². The second-order valence-electron chi connectivity index (χ2n) is 9.26. The van der Waals surface area contributed by atoms with Gasteiger partial charge in [-0.3, -0.25) is 9.59 Å². The Hall–Kier alpha value is -2.66. The van der Waals surface area contributed by atoms with Crippen molar-refractivity contribution < 1.29 is 9.59 Å². The van der Waals surface area contributed by atoms with Crippen molar-refractivity contribution in [2.75, 3.05) is 20.1 Å². The number of hydrogen-bond donors (Lipinski definition) is 1. The van der Waals surface area contributed by atoms with Crippen molar-refractivity contribution in [2.45, 2.75) is 50.7 Å². The van der Waals surface area contributed by atoms with Crippen molar-refractivity contribution in [1.82, 2.24) is 15.1 Å². The van der Waals surface area contributed by atoms with Gasteiger partial charge >= 0.3 is 0 Å². The van der Waals surface area contributed by atoms with E-state index in [1.54, 1.807) is 0 Å². The Morgan fingerprint density at radius 3 is 2.81 bits per heavy atom. The average Bonchev–Trinajstić information content (AvgIpc) is 2.83. The summed E-state index contributed by atoms with van der Waals surface area (Å²) in [6.07, 6.45) is 3.89. The van der Waals surface area contributed by atoms with Gasteiger partial charge < -0.3 is 15.1 Å². The molecule has 4 atom stereocenters. The van der Waals surface area contributed by atoms with Crippen LogP contribution in [-0.4, -0.2) is 47.8 Å². The molecule has 0 bridgehead atoms. The lowest BCUT2D eigenvalue weighted by Gasteiger charge is -2.48. The van der Waals surface area contributed by atoms with Gasteiger partial charge in [-0.2, -0.15) is 0 Å². The number of piperidine rings is 2. The van der Waals surface area contributed by atoms with E-state index >= 15 is 0 Å². The highest BCUT2D eigenvalue weighted by Gasteiger charge is 2.44. The van der Waals surface area contributed by atoms with Crippen molar-refractivity contribution in [2.24, 2.45) is 5.92 Å². The maximum Gasteiger partial charge on any atom is 0.254 e. The number of carbonyl (C=O) groups excluding carboxylic acids is 2. The van der Waals surface area contributed by atoms with Crippen LogP contribution in [0.5, 0.6) is 0 Å². The van der Waals surface area contributed by atoms with E-state index in [1.165, 1.54) is 11.1 Å². The second kappa shape index (κ2) is 8.12. The summed E-state index contributed by atoms with van der Waals surface area (Å²) >= 11 is 0. The number of fused-ring (bicyclic) bond motifs is 4. The highest BCUT2D eigenvalue weighted by molar-refractivity contribution is 5.94. The first-order chi connectivity index (χ1) is 15.0. The zero-order chi connectivity index (χ0) is 21.5. The Labute approximate surface area is 184 Å². The standard InChI is InChI=1S/C26H31N3O2/c1-17(18-7-4-3-5-8-18)28(2)25(30)20-10-11-21-19(15-20)12-14-29-24(21)16-23-22(26(29)31)9-6-13-27-23/h3-5,7-8,10-11,15,17,22-24,27H,6,9,12-14,16H2,1-2H3/t17-,22-,23-,24+/m1/s1. The van der Waals surface area contributed by atoms with Gasteiger partial charge in [0, 0.05) is 25.2 Å². The van der Waals surface area contributed by atoms with Gasteiger partial charge in [0.05, 0.1) is 18.0 Å². The molecule has 0 saturated carbocycles. The van der Waals surface area contributed by atoms with Crippen LogP contribution in [0.1, 0.15) is 65.3 Å². The Kier molecular flexibility index (Phi) is 5.30. The van der Waals surface area contributed by atoms with Crippen LogP contribution in [0, 0.1) is 5.92 Å². The fourth-order valence-corrected chi connectivity index (χ4v) is 5.65. The molecular formula is C26H31N3O2. The Bertz CT molecular complexity index is 989. The minimum atomic E-state index is 0.00509. The molecule has 162 valence electrons. The first-order valence-corrected chi connectivity index (χ1v) is 11.5. The number of nitrogens with one attached hydrogen (secondary N) is 1. The minimum absolute atomic E-state index is 0.00509. The summed E-state index contributed by atoms with van der Waals surface area (Å²) in [7, 11) is 1.87. The van der Waals surface area contributed by atoms with Crippen LogP contribution in [0.2, 0.25) is 0 Å². The Morgan fingerprint density at radius 1 is 1.19 bits per heavy atom. The molecule has 2 saturated heterocycles. The molecule has 5 rings (SSSR count). The summed E-state index contributed by atoms with van der Waals surface area (Å²) < 4.78 is 0. The molecule has 31 heavy (non-hydrogen) atoms. The maximum atomic E-state index is 13.2. The third-order valence-corrected chi connectivity index (χ3v) is 7.59. The van der Waals surface area contributed by atoms with E-state index in [1.807, 2.05) is 36.2 Å². The quantitative estimate of drug-likeness (QED) is 0.828. The largest absolute Gasteiger partial charge is 0.335 e. The third-order valence-electron chi connectivity index (χ3n) is 7.59. The van der Waals surface area contributed by atoms with Crippen LogP contribution in [0.25, 0.3) is 0 Å². The molecule has 3 aliphatic heterocycles. The molecule has 0 unspecified atom stereocenters. The predicted octanol–water partition coefficient (Wildman–Crippen LogP) is 3.72. The molecule has 2 amide bonds. The summed E-state index contributed by atoms with van der Waals surface area (Å²) in [5, 5.41) is 3.58. The number of amides is 2. The first-order valence-electron chi connectivity index (χ1n) is 11.5. The fraction of sp³-hybridized carbons (Fsp3) is 0.462. The van der Waals surface area contributed by atoms with E-state index in [2.05, 4.69) is 41.4 Å². The lowest BCUT2D eigenvalue weighted by Crippen LogP contribution is -2.57. The number of rotatable bonds is 3. The zero-order valence-corrected chi connectivity index (χ0v) is 18.4. The monoisotopic (exact) mass is 417 g/mol. The minimum Gasteiger partial charge on any atom is -0.335 e. The molecule has 3 heterocycles. The lowest BCUT2D eigenvalue weighted by molar-refractivity contribution is -0.145.